The van der Waals surface area contributed by atoms with Crippen LogP contribution in [0.5, 0.6) is 5.75 Å². The zero-order valence-electron chi connectivity index (χ0n) is 16.0. The summed E-state index contributed by atoms with van der Waals surface area (Å²) in [5.74, 6) is -1.89. The van der Waals surface area contributed by atoms with Gasteiger partial charge in [-0.3, -0.25) is 19.3 Å². The lowest BCUT2D eigenvalue weighted by Crippen LogP contribution is -2.45. The highest BCUT2D eigenvalue weighted by Crippen LogP contribution is 2.38. The van der Waals surface area contributed by atoms with Gasteiger partial charge in [-0.15, -0.1) is 0 Å². The first-order valence-corrected chi connectivity index (χ1v) is 9.40. The number of nitrogens with one attached hydrogen (secondary N) is 1. The van der Waals surface area contributed by atoms with Crippen LogP contribution in [0, 0.1) is 11.8 Å². The van der Waals surface area contributed by atoms with E-state index in [4.69, 9.17) is 9.47 Å². The topological polar surface area (TPSA) is 102 Å². The average Bonchev–Trinajstić information content (AvgIpc) is 2.97. The van der Waals surface area contributed by atoms with Gasteiger partial charge >= 0.3 is 5.97 Å². The molecule has 3 rings (SSSR count). The minimum Gasteiger partial charge on any atom is -0.497 e. The van der Waals surface area contributed by atoms with Gasteiger partial charge < -0.3 is 14.8 Å². The molecule has 1 heterocycles. The number of benzene rings is 1. The fourth-order valence-corrected chi connectivity index (χ4v) is 3.80. The molecule has 28 heavy (non-hydrogen) atoms. The quantitative estimate of drug-likeness (QED) is 0.588. The summed E-state index contributed by atoms with van der Waals surface area (Å²) in [7, 11) is 1.54. The van der Waals surface area contributed by atoms with Gasteiger partial charge in [0.15, 0.2) is 6.61 Å². The summed E-state index contributed by atoms with van der Waals surface area (Å²) in [6, 6.07) is 5.65. The SMILES string of the molecule is COc1ccc(NC(=O)COC(=O)[C@H](C)N2C(=O)C3CCCCC3C2=O)cc1. The molecule has 0 spiro atoms. The van der Waals surface area contributed by atoms with Crippen molar-refractivity contribution in [2.45, 2.75) is 38.6 Å². The molecular weight excluding hydrogens is 364 g/mol. The van der Waals surface area contributed by atoms with Crippen molar-refractivity contribution < 1.29 is 28.7 Å². The Morgan fingerprint density at radius 1 is 1.11 bits per heavy atom. The Balaban J connectivity index is 1.53. The number of hydrogen-bond donors (Lipinski definition) is 1. The Hall–Kier alpha value is -2.90. The van der Waals surface area contributed by atoms with Gasteiger partial charge in [-0.2, -0.15) is 0 Å². The summed E-state index contributed by atoms with van der Waals surface area (Å²) in [5.41, 5.74) is 0.531. The van der Waals surface area contributed by atoms with Crippen molar-refractivity contribution in [3.63, 3.8) is 0 Å². The molecule has 1 saturated carbocycles. The number of nitrogens with zero attached hydrogens (tertiary/aromatic N) is 1. The molecule has 0 radical (unpaired) electrons. The van der Waals surface area contributed by atoms with Gasteiger partial charge in [0.2, 0.25) is 11.8 Å². The maximum absolute atomic E-state index is 12.5. The number of carbonyl (C=O) groups is 4. The van der Waals surface area contributed by atoms with Crippen LogP contribution in [0.1, 0.15) is 32.6 Å². The van der Waals surface area contributed by atoms with Crippen molar-refractivity contribution in [3.05, 3.63) is 24.3 Å². The van der Waals surface area contributed by atoms with Crippen LogP contribution >= 0.6 is 0 Å². The number of ether oxygens (including phenoxy) is 2. The lowest BCUT2D eigenvalue weighted by atomic mass is 9.81. The largest absolute Gasteiger partial charge is 0.497 e. The van der Waals surface area contributed by atoms with Gasteiger partial charge in [0.1, 0.15) is 11.8 Å². The van der Waals surface area contributed by atoms with Gasteiger partial charge in [0, 0.05) is 5.69 Å². The van der Waals surface area contributed by atoms with Crippen molar-refractivity contribution in [2.75, 3.05) is 19.0 Å². The van der Waals surface area contributed by atoms with Crippen LogP contribution < -0.4 is 10.1 Å². The fraction of sp³-hybridized carbons (Fsp3) is 0.500. The third kappa shape index (κ3) is 4.00. The number of anilines is 1. The molecule has 1 aromatic rings. The normalized spacial score (nSPS) is 22.4. The molecule has 3 atom stereocenters. The van der Waals surface area contributed by atoms with Crippen LogP contribution in [0.3, 0.4) is 0 Å². The van der Waals surface area contributed by atoms with Crippen molar-refractivity contribution in [3.8, 4) is 5.75 Å². The van der Waals surface area contributed by atoms with E-state index in [1.807, 2.05) is 0 Å². The zero-order valence-corrected chi connectivity index (χ0v) is 16.0. The van der Waals surface area contributed by atoms with Gasteiger partial charge in [0.05, 0.1) is 18.9 Å². The molecule has 2 unspecified atom stereocenters. The summed E-state index contributed by atoms with van der Waals surface area (Å²) in [5, 5.41) is 2.60. The number of rotatable bonds is 6. The number of likely N-dealkylation sites (tertiary alicyclic amines) is 1. The first kappa shape index (κ1) is 19.9. The number of fused-ring (bicyclic) bond motifs is 1. The zero-order chi connectivity index (χ0) is 20.3. The average molecular weight is 388 g/mol. The van der Waals surface area contributed by atoms with Gasteiger partial charge in [-0.05, 0) is 44.0 Å². The second-order valence-corrected chi connectivity index (χ2v) is 7.10. The number of imide groups is 1. The monoisotopic (exact) mass is 388 g/mol. The summed E-state index contributed by atoms with van der Waals surface area (Å²) < 4.78 is 10.1. The number of amides is 3. The summed E-state index contributed by atoms with van der Waals surface area (Å²) >= 11 is 0. The van der Waals surface area contributed by atoms with E-state index in [2.05, 4.69) is 5.32 Å². The molecule has 1 aliphatic carbocycles. The number of esters is 1. The first-order valence-electron chi connectivity index (χ1n) is 9.40. The van der Waals surface area contributed by atoms with E-state index >= 15 is 0 Å². The van der Waals surface area contributed by atoms with Crippen LogP contribution in [-0.2, 0) is 23.9 Å². The second-order valence-electron chi connectivity index (χ2n) is 7.10. The van der Waals surface area contributed by atoms with E-state index in [-0.39, 0.29) is 23.7 Å². The van der Waals surface area contributed by atoms with E-state index in [1.165, 1.54) is 6.92 Å². The number of carbonyl (C=O) groups excluding carboxylic acids is 4. The van der Waals surface area contributed by atoms with Crippen LogP contribution in [0.4, 0.5) is 5.69 Å². The van der Waals surface area contributed by atoms with Crippen LogP contribution in [0.2, 0.25) is 0 Å². The summed E-state index contributed by atoms with van der Waals surface area (Å²) in [4.78, 5) is 50.4. The minimum absolute atomic E-state index is 0.304. The van der Waals surface area contributed by atoms with E-state index in [0.717, 1.165) is 17.7 Å². The lowest BCUT2D eigenvalue weighted by molar-refractivity contribution is -0.159. The van der Waals surface area contributed by atoms with Gasteiger partial charge in [-0.25, -0.2) is 4.79 Å². The van der Waals surface area contributed by atoms with Crippen LogP contribution in [0.15, 0.2) is 24.3 Å². The number of hydrogen-bond acceptors (Lipinski definition) is 6. The molecular formula is C20H24N2O6. The Labute approximate surface area is 163 Å². The van der Waals surface area contributed by atoms with Crippen LogP contribution in [0.25, 0.3) is 0 Å². The molecule has 1 aliphatic heterocycles. The lowest BCUT2D eigenvalue weighted by Gasteiger charge is -2.21. The summed E-state index contributed by atoms with van der Waals surface area (Å²) in [6.07, 6.45) is 3.19. The van der Waals surface area contributed by atoms with Crippen molar-refractivity contribution in [1.29, 1.82) is 0 Å². The Bertz CT molecular complexity index is 751. The Morgan fingerprint density at radius 3 is 2.21 bits per heavy atom. The van der Waals surface area contributed by atoms with E-state index in [9.17, 15) is 19.2 Å². The molecule has 1 saturated heterocycles. The third-order valence-corrected chi connectivity index (χ3v) is 5.32. The maximum atomic E-state index is 12.5. The Morgan fingerprint density at radius 2 is 1.68 bits per heavy atom. The molecule has 1 aromatic carbocycles. The highest BCUT2D eigenvalue weighted by atomic mass is 16.5. The first-order chi connectivity index (χ1) is 13.4. The molecule has 2 aliphatic rings. The van der Waals surface area contributed by atoms with Gasteiger partial charge in [-0.1, -0.05) is 12.8 Å². The molecule has 3 amide bonds. The fourth-order valence-electron chi connectivity index (χ4n) is 3.80. The molecule has 8 nitrogen and oxygen atoms in total. The standard InChI is InChI=1S/C20H24N2O6/c1-12(22-18(24)15-5-3-4-6-16(15)19(22)25)20(26)28-11-17(23)21-13-7-9-14(27-2)10-8-13/h7-10,12,15-16H,3-6,11H2,1-2H3,(H,21,23)/t12-,15?,16?/m0/s1. The molecule has 8 heteroatoms. The molecule has 150 valence electrons. The van der Waals surface area contributed by atoms with E-state index in [0.29, 0.717) is 24.3 Å². The molecule has 2 fully saturated rings. The Kier molecular flexibility index (Phi) is 5.96. The van der Waals surface area contributed by atoms with E-state index < -0.39 is 24.5 Å². The highest BCUT2D eigenvalue weighted by molar-refractivity contribution is 6.08. The molecule has 0 bridgehead atoms. The summed E-state index contributed by atoms with van der Waals surface area (Å²) in [6.45, 7) is 0.953. The van der Waals surface area contributed by atoms with Crippen molar-refractivity contribution >= 4 is 29.4 Å². The second kappa shape index (κ2) is 8.41. The maximum Gasteiger partial charge on any atom is 0.329 e. The third-order valence-electron chi connectivity index (χ3n) is 5.32. The van der Waals surface area contributed by atoms with E-state index in [1.54, 1.807) is 31.4 Å². The van der Waals surface area contributed by atoms with Gasteiger partial charge in [0.25, 0.3) is 5.91 Å². The predicted molar refractivity (Wildman–Crippen MR) is 99.3 cm³/mol. The molecule has 1 N–H and O–H groups in total. The number of methoxy groups -OCH3 is 1. The van der Waals surface area contributed by atoms with Crippen LogP contribution in [-0.4, -0.2) is 48.3 Å². The molecule has 0 aromatic heterocycles. The minimum atomic E-state index is -1.04. The van der Waals surface area contributed by atoms with Crippen molar-refractivity contribution in [2.24, 2.45) is 11.8 Å². The predicted octanol–water partition coefficient (Wildman–Crippen LogP) is 1.74. The van der Waals surface area contributed by atoms with Crippen molar-refractivity contribution in [1.82, 2.24) is 4.90 Å². The highest BCUT2D eigenvalue weighted by Gasteiger charge is 2.51. The smallest absolute Gasteiger partial charge is 0.329 e.